The molecule has 28 heavy (non-hydrogen) atoms. The zero-order valence-electron chi connectivity index (χ0n) is 16.6. The first-order chi connectivity index (χ1) is 13.7. The maximum atomic E-state index is 9.56. The van der Waals surface area contributed by atoms with Crippen LogP contribution in [0.15, 0.2) is 42.7 Å². The fraction of sp³-hybridized carbons (Fsp3) is 0.500. The lowest BCUT2D eigenvalue weighted by molar-refractivity contribution is 0.0821. The van der Waals surface area contributed by atoms with Crippen LogP contribution in [0.25, 0.3) is 0 Å². The molecule has 1 aliphatic rings. The van der Waals surface area contributed by atoms with Crippen LogP contribution in [0.5, 0.6) is 11.5 Å². The Balaban J connectivity index is 1.39. The molecule has 1 aromatic carbocycles. The number of aromatic nitrogens is 1. The Kier molecular flexibility index (Phi) is 8.08. The van der Waals surface area contributed by atoms with Crippen molar-refractivity contribution in [2.24, 2.45) is 0 Å². The Morgan fingerprint density at radius 2 is 1.89 bits per heavy atom. The molecule has 2 heterocycles. The van der Waals surface area contributed by atoms with Gasteiger partial charge in [0.2, 0.25) is 0 Å². The van der Waals surface area contributed by atoms with Crippen LogP contribution in [0.2, 0.25) is 0 Å². The lowest BCUT2D eigenvalue weighted by Gasteiger charge is -2.29. The predicted molar refractivity (Wildman–Crippen MR) is 110 cm³/mol. The molecule has 0 atom stereocenters. The van der Waals surface area contributed by atoms with E-state index >= 15 is 0 Å². The lowest BCUT2D eigenvalue weighted by Crippen LogP contribution is -2.37. The van der Waals surface area contributed by atoms with E-state index in [-0.39, 0.29) is 6.10 Å². The van der Waals surface area contributed by atoms with Gasteiger partial charge < -0.3 is 24.8 Å². The predicted octanol–water partition coefficient (Wildman–Crippen LogP) is 2.61. The Hall–Kier alpha value is -2.15. The first-order valence-corrected chi connectivity index (χ1v) is 10.0. The van der Waals surface area contributed by atoms with Gasteiger partial charge in [0.1, 0.15) is 6.61 Å². The standard InChI is InChI=1S/C22H31N3O3/c1-27-22-15-19(3-4-21(22)28-17-18-5-10-23-11-6-18)16-24-9-2-12-25-13-7-20(26)8-14-25/h3-6,10-11,15,20,24,26H,2,7-9,12-14,16-17H2,1H3. The molecule has 6 nitrogen and oxygen atoms in total. The summed E-state index contributed by atoms with van der Waals surface area (Å²) in [5, 5.41) is 13.1. The maximum absolute atomic E-state index is 9.56. The minimum atomic E-state index is -0.0963. The van der Waals surface area contributed by atoms with Crippen LogP contribution < -0.4 is 14.8 Å². The van der Waals surface area contributed by atoms with Gasteiger partial charge in [0, 0.05) is 32.0 Å². The molecule has 0 aliphatic carbocycles. The summed E-state index contributed by atoms with van der Waals surface area (Å²) in [5.74, 6) is 1.50. The van der Waals surface area contributed by atoms with Crippen molar-refractivity contribution < 1.29 is 14.6 Å². The van der Waals surface area contributed by atoms with Crippen molar-refractivity contribution in [3.63, 3.8) is 0 Å². The monoisotopic (exact) mass is 385 g/mol. The highest BCUT2D eigenvalue weighted by molar-refractivity contribution is 5.43. The minimum Gasteiger partial charge on any atom is -0.493 e. The van der Waals surface area contributed by atoms with Crippen LogP contribution >= 0.6 is 0 Å². The Bertz CT molecular complexity index is 703. The molecule has 1 saturated heterocycles. The van der Waals surface area contributed by atoms with Crippen molar-refractivity contribution in [1.29, 1.82) is 0 Å². The van der Waals surface area contributed by atoms with E-state index in [4.69, 9.17) is 9.47 Å². The van der Waals surface area contributed by atoms with Crippen LogP contribution in [-0.2, 0) is 13.2 Å². The molecule has 2 N–H and O–H groups in total. The number of nitrogens with one attached hydrogen (secondary N) is 1. The van der Waals surface area contributed by atoms with E-state index < -0.39 is 0 Å². The number of piperidine rings is 1. The number of ether oxygens (including phenoxy) is 2. The van der Waals surface area contributed by atoms with Crippen LogP contribution in [0.1, 0.15) is 30.4 Å². The minimum absolute atomic E-state index is 0.0963. The van der Waals surface area contributed by atoms with Crippen molar-refractivity contribution in [1.82, 2.24) is 15.2 Å². The van der Waals surface area contributed by atoms with Gasteiger partial charge in [-0.2, -0.15) is 0 Å². The van der Waals surface area contributed by atoms with Gasteiger partial charge in [-0.1, -0.05) is 6.07 Å². The van der Waals surface area contributed by atoms with Gasteiger partial charge in [-0.3, -0.25) is 4.98 Å². The molecule has 1 aliphatic heterocycles. The molecule has 1 aromatic heterocycles. The van der Waals surface area contributed by atoms with Gasteiger partial charge in [-0.25, -0.2) is 0 Å². The molecule has 152 valence electrons. The lowest BCUT2D eigenvalue weighted by atomic mass is 10.1. The highest BCUT2D eigenvalue weighted by atomic mass is 16.5. The molecule has 0 radical (unpaired) electrons. The van der Waals surface area contributed by atoms with Crippen LogP contribution in [0.3, 0.4) is 0 Å². The number of benzene rings is 1. The second kappa shape index (κ2) is 11.0. The molecular formula is C22H31N3O3. The quantitative estimate of drug-likeness (QED) is 0.613. The largest absolute Gasteiger partial charge is 0.493 e. The number of aliphatic hydroxyl groups is 1. The summed E-state index contributed by atoms with van der Waals surface area (Å²) >= 11 is 0. The number of nitrogens with zero attached hydrogens (tertiary/aromatic N) is 2. The topological polar surface area (TPSA) is 66.9 Å². The fourth-order valence-corrected chi connectivity index (χ4v) is 3.38. The number of methoxy groups -OCH3 is 1. The SMILES string of the molecule is COc1cc(CNCCCN2CCC(O)CC2)ccc1OCc1ccncc1. The summed E-state index contributed by atoms with van der Waals surface area (Å²) < 4.78 is 11.4. The molecular weight excluding hydrogens is 354 g/mol. The van der Waals surface area contributed by atoms with Gasteiger partial charge in [-0.15, -0.1) is 0 Å². The Morgan fingerprint density at radius 1 is 1.11 bits per heavy atom. The molecule has 1 fully saturated rings. The fourth-order valence-electron chi connectivity index (χ4n) is 3.38. The van der Waals surface area contributed by atoms with E-state index in [1.165, 1.54) is 5.56 Å². The molecule has 2 aromatic rings. The number of pyridine rings is 1. The molecule has 0 saturated carbocycles. The normalized spacial score (nSPS) is 15.5. The van der Waals surface area contributed by atoms with Crippen LogP contribution in [-0.4, -0.2) is 54.4 Å². The maximum Gasteiger partial charge on any atom is 0.161 e. The van der Waals surface area contributed by atoms with Gasteiger partial charge in [0.05, 0.1) is 13.2 Å². The van der Waals surface area contributed by atoms with Crippen molar-refractivity contribution in [2.75, 3.05) is 33.3 Å². The molecule has 0 bridgehead atoms. The molecule has 0 spiro atoms. The highest BCUT2D eigenvalue weighted by Crippen LogP contribution is 2.28. The summed E-state index contributed by atoms with van der Waals surface area (Å²) in [6.45, 7) is 5.38. The zero-order valence-corrected chi connectivity index (χ0v) is 16.6. The van der Waals surface area contributed by atoms with E-state index in [2.05, 4.69) is 21.3 Å². The molecule has 0 unspecified atom stereocenters. The number of aliphatic hydroxyl groups excluding tert-OH is 1. The summed E-state index contributed by atoms with van der Waals surface area (Å²) in [7, 11) is 1.67. The molecule has 3 rings (SSSR count). The summed E-state index contributed by atoms with van der Waals surface area (Å²) in [6.07, 6.45) is 6.35. The van der Waals surface area contributed by atoms with Gasteiger partial charge in [0.25, 0.3) is 0 Å². The first-order valence-electron chi connectivity index (χ1n) is 10.0. The Labute approximate surface area is 167 Å². The number of hydrogen-bond acceptors (Lipinski definition) is 6. The van der Waals surface area contributed by atoms with Crippen molar-refractivity contribution >= 4 is 0 Å². The number of hydrogen-bond donors (Lipinski definition) is 2. The van der Waals surface area contributed by atoms with Gasteiger partial charge in [0.15, 0.2) is 11.5 Å². The third-order valence-corrected chi connectivity index (χ3v) is 5.09. The van der Waals surface area contributed by atoms with E-state index in [9.17, 15) is 5.11 Å². The van der Waals surface area contributed by atoms with Crippen LogP contribution in [0.4, 0.5) is 0 Å². The Morgan fingerprint density at radius 3 is 2.64 bits per heavy atom. The highest BCUT2D eigenvalue weighted by Gasteiger charge is 2.15. The molecule has 6 heteroatoms. The van der Waals surface area contributed by atoms with E-state index in [0.717, 1.165) is 69.0 Å². The van der Waals surface area contributed by atoms with E-state index in [1.807, 2.05) is 24.3 Å². The van der Waals surface area contributed by atoms with E-state index in [1.54, 1.807) is 19.5 Å². The second-order valence-corrected chi connectivity index (χ2v) is 7.23. The van der Waals surface area contributed by atoms with Crippen molar-refractivity contribution in [2.45, 2.75) is 38.5 Å². The van der Waals surface area contributed by atoms with E-state index in [0.29, 0.717) is 6.61 Å². The summed E-state index contributed by atoms with van der Waals surface area (Å²) in [4.78, 5) is 6.45. The number of likely N-dealkylation sites (tertiary alicyclic amines) is 1. The first kappa shape index (κ1) is 20.6. The summed E-state index contributed by atoms with van der Waals surface area (Å²) in [6, 6.07) is 9.95. The van der Waals surface area contributed by atoms with Gasteiger partial charge >= 0.3 is 0 Å². The summed E-state index contributed by atoms with van der Waals surface area (Å²) in [5.41, 5.74) is 2.25. The average molecular weight is 386 g/mol. The second-order valence-electron chi connectivity index (χ2n) is 7.23. The van der Waals surface area contributed by atoms with Crippen LogP contribution in [0, 0.1) is 0 Å². The molecule has 0 amide bonds. The zero-order chi connectivity index (χ0) is 19.6. The smallest absolute Gasteiger partial charge is 0.161 e. The third kappa shape index (κ3) is 6.48. The van der Waals surface area contributed by atoms with Crippen molar-refractivity contribution in [3.05, 3.63) is 53.9 Å². The number of rotatable bonds is 10. The van der Waals surface area contributed by atoms with Gasteiger partial charge in [-0.05, 0) is 67.7 Å². The van der Waals surface area contributed by atoms with Crippen molar-refractivity contribution in [3.8, 4) is 11.5 Å². The average Bonchev–Trinajstić information content (AvgIpc) is 2.74. The third-order valence-electron chi connectivity index (χ3n) is 5.09.